The lowest BCUT2D eigenvalue weighted by Gasteiger charge is -2.12. The van der Waals surface area contributed by atoms with Gasteiger partial charge in [0.2, 0.25) is 0 Å². The Morgan fingerprint density at radius 3 is 2.93 bits per heavy atom. The van der Waals surface area contributed by atoms with E-state index in [1.165, 1.54) is 0 Å². The van der Waals surface area contributed by atoms with Crippen LogP contribution in [0.5, 0.6) is 0 Å². The summed E-state index contributed by atoms with van der Waals surface area (Å²) in [6.45, 7) is 2.80. The van der Waals surface area contributed by atoms with Crippen LogP contribution < -0.4 is 5.32 Å². The van der Waals surface area contributed by atoms with E-state index < -0.39 is 0 Å². The fourth-order valence-electron chi connectivity index (χ4n) is 1.49. The van der Waals surface area contributed by atoms with Crippen molar-refractivity contribution in [2.75, 3.05) is 0 Å². The molecule has 0 amide bonds. The monoisotopic (exact) mass is 206 g/mol. The molecule has 4 nitrogen and oxygen atoms in total. The predicted molar refractivity (Wildman–Crippen MR) is 55.1 cm³/mol. The molecular weight excluding hydrogens is 192 g/mol. The third-order valence-corrected chi connectivity index (χ3v) is 2.32. The molecule has 0 aromatic carbocycles. The van der Waals surface area contributed by atoms with Gasteiger partial charge in [-0.3, -0.25) is 0 Å². The second-order valence-corrected chi connectivity index (χ2v) is 3.35. The minimum atomic E-state index is 0.233. The van der Waals surface area contributed by atoms with Crippen molar-refractivity contribution in [3.8, 4) is 0 Å². The third kappa shape index (κ3) is 2.47. The molecule has 2 aromatic heterocycles. The van der Waals surface area contributed by atoms with Crippen molar-refractivity contribution in [1.82, 2.24) is 10.5 Å². The SMILES string of the molecule is CCC(NCc1ccon1)c1ccco1. The number of nitrogens with zero attached hydrogens (tertiary/aromatic N) is 1. The fourth-order valence-corrected chi connectivity index (χ4v) is 1.49. The number of furan rings is 1. The van der Waals surface area contributed by atoms with Gasteiger partial charge in [-0.05, 0) is 18.6 Å². The Hall–Kier alpha value is -1.55. The molecule has 0 fully saturated rings. The molecule has 2 heterocycles. The average molecular weight is 206 g/mol. The Labute approximate surface area is 88.3 Å². The van der Waals surface area contributed by atoms with E-state index in [1.54, 1.807) is 12.5 Å². The normalized spacial score (nSPS) is 12.9. The summed E-state index contributed by atoms with van der Waals surface area (Å²) in [6, 6.07) is 5.96. The second-order valence-electron chi connectivity index (χ2n) is 3.35. The Bertz CT molecular complexity index is 367. The van der Waals surface area contributed by atoms with E-state index in [0.717, 1.165) is 17.9 Å². The molecular formula is C11H14N2O2. The first-order valence-corrected chi connectivity index (χ1v) is 5.06. The quantitative estimate of drug-likeness (QED) is 0.816. The highest BCUT2D eigenvalue weighted by molar-refractivity contribution is 5.05. The number of hydrogen-bond acceptors (Lipinski definition) is 4. The molecule has 15 heavy (non-hydrogen) atoms. The van der Waals surface area contributed by atoms with Crippen molar-refractivity contribution in [3.63, 3.8) is 0 Å². The van der Waals surface area contributed by atoms with Gasteiger partial charge < -0.3 is 14.3 Å². The molecule has 0 aliphatic heterocycles. The van der Waals surface area contributed by atoms with Crippen molar-refractivity contribution in [3.05, 3.63) is 42.2 Å². The lowest BCUT2D eigenvalue weighted by Crippen LogP contribution is -2.19. The first-order chi connectivity index (χ1) is 7.40. The minimum absolute atomic E-state index is 0.233. The highest BCUT2D eigenvalue weighted by Gasteiger charge is 2.11. The molecule has 1 unspecified atom stereocenters. The predicted octanol–water partition coefficient (Wildman–Crippen LogP) is 2.51. The molecule has 0 bridgehead atoms. The number of hydrogen-bond donors (Lipinski definition) is 1. The van der Waals surface area contributed by atoms with E-state index in [2.05, 4.69) is 17.4 Å². The second kappa shape index (κ2) is 4.79. The zero-order chi connectivity index (χ0) is 10.5. The maximum absolute atomic E-state index is 5.35. The van der Waals surface area contributed by atoms with Crippen molar-refractivity contribution in [2.45, 2.75) is 25.9 Å². The molecule has 0 aliphatic rings. The molecule has 4 heteroatoms. The van der Waals surface area contributed by atoms with E-state index in [0.29, 0.717) is 6.54 Å². The van der Waals surface area contributed by atoms with Gasteiger partial charge in [0.15, 0.2) is 0 Å². The summed E-state index contributed by atoms with van der Waals surface area (Å²) >= 11 is 0. The van der Waals surface area contributed by atoms with Gasteiger partial charge in [0.1, 0.15) is 12.0 Å². The minimum Gasteiger partial charge on any atom is -0.468 e. The first kappa shape index (κ1) is 9.98. The van der Waals surface area contributed by atoms with Gasteiger partial charge in [-0.1, -0.05) is 12.1 Å². The molecule has 2 rings (SSSR count). The Balaban J connectivity index is 1.92. The van der Waals surface area contributed by atoms with E-state index in [9.17, 15) is 0 Å². The highest BCUT2D eigenvalue weighted by Crippen LogP contribution is 2.17. The van der Waals surface area contributed by atoms with Crippen molar-refractivity contribution in [2.24, 2.45) is 0 Å². The topological polar surface area (TPSA) is 51.2 Å². The van der Waals surface area contributed by atoms with Crippen LogP contribution in [0.15, 0.2) is 39.7 Å². The van der Waals surface area contributed by atoms with E-state index in [1.807, 2.05) is 18.2 Å². The summed E-state index contributed by atoms with van der Waals surface area (Å²) in [4.78, 5) is 0. The molecule has 2 aromatic rings. The molecule has 0 saturated carbocycles. The maximum atomic E-state index is 5.35. The largest absolute Gasteiger partial charge is 0.468 e. The molecule has 1 N–H and O–H groups in total. The summed E-state index contributed by atoms with van der Waals surface area (Å²) in [5.74, 6) is 0.959. The van der Waals surface area contributed by atoms with Crippen LogP contribution in [0.4, 0.5) is 0 Å². The highest BCUT2D eigenvalue weighted by atomic mass is 16.5. The fraction of sp³-hybridized carbons (Fsp3) is 0.364. The number of rotatable bonds is 5. The number of nitrogens with one attached hydrogen (secondary N) is 1. The summed E-state index contributed by atoms with van der Waals surface area (Å²) < 4.78 is 10.1. The van der Waals surface area contributed by atoms with Crippen LogP contribution in [0.25, 0.3) is 0 Å². The van der Waals surface area contributed by atoms with Crippen molar-refractivity contribution >= 4 is 0 Å². The molecule has 80 valence electrons. The van der Waals surface area contributed by atoms with Crippen LogP contribution in [0, 0.1) is 0 Å². The van der Waals surface area contributed by atoms with Crippen LogP contribution in [0.3, 0.4) is 0 Å². The Kier molecular flexibility index (Phi) is 3.19. The van der Waals surface area contributed by atoms with Gasteiger partial charge in [0.05, 0.1) is 18.0 Å². The average Bonchev–Trinajstić information content (AvgIpc) is 2.90. The van der Waals surface area contributed by atoms with Gasteiger partial charge in [-0.15, -0.1) is 0 Å². The zero-order valence-corrected chi connectivity index (χ0v) is 8.64. The van der Waals surface area contributed by atoms with Gasteiger partial charge in [0.25, 0.3) is 0 Å². The summed E-state index contributed by atoms with van der Waals surface area (Å²) in [7, 11) is 0. The zero-order valence-electron chi connectivity index (χ0n) is 8.64. The van der Waals surface area contributed by atoms with Crippen LogP contribution >= 0.6 is 0 Å². The van der Waals surface area contributed by atoms with Crippen LogP contribution in [0.1, 0.15) is 30.8 Å². The molecule has 0 radical (unpaired) electrons. The van der Waals surface area contributed by atoms with E-state index in [4.69, 9.17) is 8.94 Å². The standard InChI is InChI=1S/C11H14N2O2/c1-2-10(11-4-3-6-14-11)12-8-9-5-7-15-13-9/h3-7,10,12H,2,8H2,1H3. The van der Waals surface area contributed by atoms with Crippen LogP contribution in [-0.2, 0) is 6.54 Å². The molecule has 0 saturated heterocycles. The first-order valence-electron chi connectivity index (χ1n) is 5.06. The van der Waals surface area contributed by atoms with Gasteiger partial charge in [0, 0.05) is 12.6 Å². The maximum Gasteiger partial charge on any atom is 0.124 e. The Morgan fingerprint density at radius 1 is 1.40 bits per heavy atom. The van der Waals surface area contributed by atoms with Gasteiger partial charge in [-0.25, -0.2) is 0 Å². The van der Waals surface area contributed by atoms with E-state index in [-0.39, 0.29) is 6.04 Å². The summed E-state index contributed by atoms with van der Waals surface area (Å²) in [6.07, 6.45) is 4.24. The lowest BCUT2D eigenvalue weighted by molar-refractivity contribution is 0.384. The Morgan fingerprint density at radius 2 is 2.33 bits per heavy atom. The molecule has 1 atom stereocenters. The summed E-state index contributed by atoms with van der Waals surface area (Å²) in [5.41, 5.74) is 0.903. The number of aromatic nitrogens is 1. The molecule has 0 spiro atoms. The van der Waals surface area contributed by atoms with Crippen molar-refractivity contribution < 1.29 is 8.94 Å². The summed E-state index contributed by atoms with van der Waals surface area (Å²) in [5, 5.41) is 7.19. The smallest absolute Gasteiger partial charge is 0.124 e. The van der Waals surface area contributed by atoms with Crippen molar-refractivity contribution in [1.29, 1.82) is 0 Å². The van der Waals surface area contributed by atoms with E-state index >= 15 is 0 Å². The lowest BCUT2D eigenvalue weighted by atomic mass is 10.1. The van der Waals surface area contributed by atoms with Gasteiger partial charge in [-0.2, -0.15) is 0 Å². The van der Waals surface area contributed by atoms with Crippen LogP contribution in [-0.4, -0.2) is 5.16 Å². The van der Waals surface area contributed by atoms with Gasteiger partial charge >= 0.3 is 0 Å². The van der Waals surface area contributed by atoms with Crippen LogP contribution in [0.2, 0.25) is 0 Å². The molecule has 0 aliphatic carbocycles. The third-order valence-electron chi connectivity index (χ3n) is 2.32.